The van der Waals surface area contributed by atoms with E-state index in [1.165, 1.54) is 30.5 Å². The van der Waals surface area contributed by atoms with Crippen LogP contribution >= 0.6 is 0 Å². The van der Waals surface area contributed by atoms with Crippen molar-refractivity contribution in [3.8, 4) is 17.5 Å². The maximum absolute atomic E-state index is 12.7. The molecule has 0 spiro atoms. The number of hydrogen-bond donors (Lipinski definition) is 1. The molecule has 2 aromatic rings. The maximum Gasteiger partial charge on any atom is 0.269 e. The topological polar surface area (TPSA) is 69.5 Å². The average molecular weight is 245 g/mol. The second-order valence-electron chi connectivity index (χ2n) is 3.09. The van der Waals surface area contributed by atoms with Gasteiger partial charge < -0.3 is 4.98 Å². The zero-order chi connectivity index (χ0) is 13.5. The Morgan fingerprint density at radius 1 is 1.28 bits per heavy atom. The van der Waals surface area contributed by atoms with Gasteiger partial charge in [-0.2, -0.15) is 5.26 Å². The van der Waals surface area contributed by atoms with E-state index in [0.29, 0.717) is 11.4 Å². The lowest BCUT2D eigenvalue weighted by molar-refractivity contribution is 0.628. The number of halogens is 1. The molecule has 1 N–H and O–H groups in total. The summed E-state index contributed by atoms with van der Waals surface area (Å²) < 4.78 is 12.7. The summed E-state index contributed by atoms with van der Waals surface area (Å²) in [6.45, 7) is 4.00. The molecule has 0 fully saturated rings. The van der Waals surface area contributed by atoms with Crippen LogP contribution in [0, 0.1) is 17.1 Å². The molecule has 18 heavy (non-hydrogen) atoms. The van der Waals surface area contributed by atoms with E-state index in [1.54, 1.807) is 6.07 Å². The van der Waals surface area contributed by atoms with E-state index in [0.717, 1.165) is 0 Å². The lowest BCUT2D eigenvalue weighted by Gasteiger charge is -1.99. The van der Waals surface area contributed by atoms with E-state index in [-0.39, 0.29) is 11.4 Å². The van der Waals surface area contributed by atoms with E-state index in [1.807, 2.05) is 13.8 Å². The van der Waals surface area contributed by atoms with Gasteiger partial charge in [0.1, 0.15) is 23.3 Å². The Bertz CT molecular complexity index is 611. The van der Waals surface area contributed by atoms with Gasteiger partial charge in [-0.05, 0) is 24.3 Å². The summed E-state index contributed by atoms with van der Waals surface area (Å²) in [7, 11) is 0. The normalized spacial score (nSPS) is 9.00. The highest BCUT2D eigenvalue weighted by Gasteiger charge is 2.03. The van der Waals surface area contributed by atoms with Gasteiger partial charge in [0.25, 0.3) is 5.56 Å². The van der Waals surface area contributed by atoms with Crippen LogP contribution in [0.2, 0.25) is 0 Å². The summed E-state index contributed by atoms with van der Waals surface area (Å²) in [5.41, 5.74) is 0.0330. The van der Waals surface area contributed by atoms with Crippen molar-refractivity contribution < 1.29 is 4.39 Å². The Kier molecular flexibility index (Phi) is 4.76. The molecule has 0 aliphatic heterocycles. The average Bonchev–Trinajstić information content (AvgIpc) is 2.42. The molecule has 0 aliphatic rings. The number of nitrogens with one attached hydrogen (secondary N) is 1. The molecule has 0 radical (unpaired) electrons. The minimum atomic E-state index is -0.503. The van der Waals surface area contributed by atoms with Crippen LogP contribution in [0.1, 0.15) is 19.4 Å². The predicted octanol–water partition coefficient (Wildman–Crippen LogP) is 2.47. The van der Waals surface area contributed by atoms with Crippen molar-refractivity contribution in [2.45, 2.75) is 13.8 Å². The van der Waals surface area contributed by atoms with Gasteiger partial charge in [0.2, 0.25) is 0 Å². The molecule has 0 aliphatic carbocycles. The first kappa shape index (κ1) is 13.6. The number of rotatable bonds is 1. The minimum absolute atomic E-state index is 0.0501. The fraction of sp³-hybridized carbons (Fsp3) is 0.154. The van der Waals surface area contributed by atoms with Crippen LogP contribution in [0.25, 0.3) is 11.4 Å². The number of nitrogens with zero attached hydrogens (tertiary/aromatic N) is 2. The van der Waals surface area contributed by atoms with Gasteiger partial charge in [0.05, 0.1) is 6.20 Å². The van der Waals surface area contributed by atoms with Gasteiger partial charge in [-0.25, -0.2) is 9.37 Å². The van der Waals surface area contributed by atoms with Crippen LogP contribution in [-0.2, 0) is 0 Å². The highest BCUT2D eigenvalue weighted by molar-refractivity contribution is 5.54. The number of benzene rings is 1. The zero-order valence-corrected chi connectivity index (χ0v) is 10.1. The summed E-state index contributed by atoms with van der Waals surface area (Å²) in [6, 6.07) is 7.26. The van der Waals surface area contributed by atoms with Gasteiger partial charge in [-0.3, -0.25) is 4.79 Å². The van der Waals surface area contributed by atoms with Crippen molar-refractivity contribution in [3.63, 3.8) is 0 Å². The van der Waals surface area contributed by atoms with Gasteiger partial charge in [-0.1, -0.05) is 13.8 Å². The second kappa shape index (κ2) is 6.30. The monoisotopic (exact) mass is 245 g/mol. The largest absolute Gasteiger partial charge is 0.305 e. The summed E-state index contributed by atoms with van der Waals surface area (Å²) in [5.74, 6) is -0.0521. The SMILES string of the molecule is CC.N#Cc1cnc(-c2ccc(F)cc2)[nH]c1=O. The summed E-state index contributed by atoms with van der Waals surface area (Å²) in [4.78, 5) is 17.7. The molecule has 5 heteroatoms. The first-order valence-electron chi connectivity index (χ1n) is 5.46. The Labute approximate surface area is 104 Å². The third kappa shape index (κ3) is 3.01. The number of hydrogen-bond acceptors (Lipinski definition) is 3. The van der Waals surface area contributed by atoms with Gasteiger partial charge in [0.15, 0.2) is 0 Å². The molecule has 0 bridgehead atoms. The molecular weight excluding hydrogens is 233 g/mol. The lowest BCUT2D eigenvalue weighted by atomic mass is 10.2. The molecule has 0 atom stereocenters. The zero-order valence-electron chi connectivity index (χ0n) is 10.1. The Morgan fingerprint density at radius 3 is 2.39 bits per heavy atom. The van der Waals surface area contributed by atoms with Crippen molar-refractivity contribution in [1.82, 2.24) is 9.97 Å². The van der Waals surface area contributed by atoms with E-state index < -0.39 is 5.56 Å². The van der Waals surface area contributed by atoms with Crippen LogP contribution in [0.3, 0.4) is 0 Å². The van der Waals surface area contributed by atoms with E-state index >= 15 is 0 Å². The molecule has 1 aromatic heterocycles. The molecule has 2 rings (SSSR count). The second-order valence-corrected chi connectivity index (χ2v) is 3.09. The lowest BCUT2D eigenvalue weighted by Crippen LogP contribution is -2.11. The first-order chi connectivity index (χ1) is 8.70. The highest BCUT2D eigenvalue weighted by Crippen LogP contribution is 2.13. The number of aromatic nitrogens is 2. The smallest absolute Gasteiger partial charge is 0.269 e. The highest BCUT2D eigenvalue weighted by atomic mass is 19.1. The summed E-state index contributed by atoms with van der Waals surface area (Å²) in [5, 5.41) is 8.56. The Hall–Kier alpha value is -2.48. The molecule has 0 saturated heterocycles. The van der Waals surface area contributed by atoms with Crippen molar-refractivity contribution >= 4 is 0 Å². The minimum Gasteiger partial charge on any atom is -0.305 e. The summed E-state index contributed by atoms with van der Waals surface area (Å²) >= 11 is 0. The van der Waals surface area contributed by atoms with Crippen molar-refractivity contribution in [1.29, 1.82) is 5.26 Å². The molecular formula is C13H12FN3O. The van der Waals surface area contributed by atoms with E-state index in [9.17, 15) is 9.18 Å². The van der Waals surface area contributed by atoms with Crippen LogP contribution in [0.5, 0.6) is 0 Å². The van der Waals surface area contributed by atoms with Crippen LogP contribution < -0.4 is 5.56 Å². The standard InChI is InChI=1S/C11H6FN3O.C2H6/c12-9-3-1-7(2-4-9)10-14-6-8(5-13)11(16)15-10;1-2/h1-4,6H,(H,14,15,16);1-2H3. The Balaban J connectivity index is 0.000000771. The molecule has 0 amide bonds. The third-order valence-electron chi connectivity index (χ3n) is 2.04. The van der Waals surface area contributed by atoms with E-state index in [4.69, 9.17) is 5.26 Å². The summed E-state index contributed by atoms with van der Waals surface area (Å²) in [6.07, 6.45) is 1.19. The molecule has 1 aromatic carbocycles. The van der Waals surface area contributed by atoms with Crippen LogP contribution in [0.4, 0.5) is 4.39 Å². The fourth-order valence-corrected chi connectivity index (χ4v) is 1.23. The third-order valence-corrected chi connectivity index (χ3v) is 2.04. The van der Waals surface area contributed by atoms with Crippen LogP contribution in [0.15, 0.2) is 35.3 Å². The number of nitriles is 1. The Morgan fingerprint density at radius 2 is 1.89 bits per heavy atom. The van der Waals surface area contributed by atoms with Crippen molar-refractivity contribution in [2.75, 3.05) is 0 Å². The first-order valence-corrected chi connectivity index (χ1v) is 5.46. The molecule has 0 saturated carbocycles. The van der Waals surface area contributed by atoms with Crippen molar-refractivity contribution in [2.24, 2.45) is 0 Å². The molecule has 4 nitrogen and oxygen atoms in total. The quantitative estimate of drug-likeness (QED) is 0.839. The van der Waals surface area contributed by atoms with Crippen LogP contribution in [-0.4, -0.2) is 9.97 Å². The van der Waals surface area contributed by atoms with Crippen molar-refractivity contribution in [3.05, 3.63) is 52.2 Å². The molecule has 0 unspecified atom stereocenters. The van der Waals surface area contributed by atoms with Gasteiger partial charge in [0, 0.05) is 5.56 Å². The fourth-order valence-electron chi connectivity index (χ4n) is 1.23. The number of H-pyrrole nitrogens is 1. The predicted molar refractivity (Wildman–Crippen MR) is 66.3 cm³/mol. The van der Waals surface area contributed by atoms with Gasteiger partial charge >= 0.3 is 0 Å². The van der Waals surface area contributed by atoms with E-state index in [2.05, 4.69) is 9.97 Å². The maximum atomic E-state index is 12.7. The number of aromatic amines is 1. The molecule has 1 heterocycles. The van der Waals surface area contributed by atoms with Gasteiger partial charge in [-0.15, -0.1) is 0 Å². The molecule has 92 valence electrons.